The standard InChI is InChI=1S/C12H14N4O3/c1-8-5-10(7-11(6-8)16(17)18)13-4-3-12-14-9(2)19-15-12/h5-7,13H,3-4H2,1-2H3. The largest absolute Gasteiger partial charge is 0.384 e. The van der Waals surface area contributed by atoms with E-state index in [1.165, 1.54) is 12.1 Å². The minimum Gasteiger partial charge on any atom is -0.384 e. The highest BCUT2D eigenvalue weighted by atomic mass is 16.6. The summed E-state index contributed by atoms with van der Waals surface area (Å²) in [6, 6.07) is 4.90. The summed E-state index contributed by atoms with van der Waals surface area (Å²) >= 11 is 0. The van der Waals surface area contributed by atoms with E-state index in [0.717, 1.165) is 5.56 Å². The number of hydrogen-bond acceptors (Lipinski definition) is 6. The van der Waals surface area contributed by atoms with E-state index in [1.54, 1.807) is 6.92 Å². The van der Waals surface area contributed by atoms with Crippen molar-refractivity contribution in [2.45, 2.75) is 20.3 Å². The fourth-order valence-electron chi connectivity index (χ4n) is 1.73. The summed E-state index contributed by atoms with van der Waals surface area (Å²) in [6.45, 7) is 4.13. The maximum atomic E-state index is 10.7. The third kappa shape index (κ3) is 3.51. The number of hydrogen-bond donors (Lipinski definition) is 1. The van der Waals surface area contributed by atoms with Crippen LogP contribution < -0.4 is 5.32 Å². The quantitative estimate of drug-likeness (QED) is 0.656. The van der Waals surface area contributed by atoms with Crippen LogP contribution in [0.15, 0.2) is 22.7 Å². The Kier molecular flexibility index (Phi) is 3.74. The van der Waals surface area contributed by atoms with Gasteiger partial charge in [0.2, 0.25) is 5.89 Å². The Labute approximate surface area is 109 Å². The molecule has 0 amide bonds. The van der Waals surface area contributed by atoms with Gasteiger partial charge in [0.25, 0.3) is 5.69 Å². The van der Waals surface area contributed by atoms with Crippen LogP contribution in [0.5, 0.6) is 0 Å². The average Bonchev–Trinajstić information content (AvgIpc) is 2.74. The van der Waals surface area contributed by atoms with Crippen LogP contribution in [0.4, 0.5) is 11.4 Å². The van der Waals surface area contributed by atoms with E-state index < -0.39 is 4.92 Å². The summed E-state index contributed by atoms with van der Waals surface area (Å²) in [5.41, 5.74) is 1.64. The molecule has 2 aromatic rings. The summed E-state index contributed by atoms with van der Waals surface area (Å²) in [6.07, 6.45) is 0.596. The van der Waals surface area contributed by atoms with Crippen molar-refractivity contribution >= 4 is 11.4 Å². The summed E-state index contributed by atoms with van der Waals surface area (Å²) < 4.78 is 4.86. The van der Waals surface area contributed by atoms with Crippen LogP contribution in [0.2, 0.25) is 0 Å². The zero-order chi connectivity index (χ0) is 13.8. The fraction of sp³-hybridized carbons (Fsp3) is 0.333. The number of benzene rings is 1. The van der Waals surface area contributed by atoms with E-state index in [-0.39, 0.29) is 5.69 Å². The molecule has 1 heterocycles. The SMILES string of the molecule is Cc1cc(NCCc2noc(C)n2)cc([N+](=O)[O-])c1. The lowest BCUT2D eigenvalue weighted by Gasteiger charge is -2.05. The van der Waals surface area contributed by atoms with Gasteiger partial charge in [-0.3, -0.25) is 10.1 Å². The summed E-state index contributed by atoms with van der Waals surface area (Å²) in [5, 5.41) is 17.6. The number of non-ortho nitro benzene ring substituents is 1. The van der Waals surface area contributed by atoms with Gasteiger partial charge in [-0.25, -0.2) is 0 Å². The fourth-order valence-corrected chi connectivity index (χ4v) is 1.73. The molecule has 0 fully saturated rings. The number of aryl methyl sites for hydroxylation is 2. The first-order valence-electron chi connectivity index (χ1n) is 5.84. The molecule has 100 valence electrons. The molecule has 0 aliphatic rings. The molecule has 0 saturated carbocycles. The monoisotopic (exact) mass is 262 g/mol. The topological polar surface area (TPSA) is 94.1 Å². The van der Waals surface area contributed by atoms with Crippen LogP contribution in [-0.2, 0) is 6.42 Å². The van der Waals surface area contributed by atoms with Gasteiger partial charge in [-0.2, -0.15) is 4.98 Å². The van der Waals surface area contributed by atoms with Crippen molar-refractivity contribution in [1.82, 2.24) is 10.1 Å². The number of nitro benzene ring substituents is 1. The van der Waals surface area contributed by atoms with Crippen molar-refractivity contribution in [3.05, 3.63) is 45.6 Å². The van der Waals surface area contributed by atoms with Gasteiger partial charge < -0.3 is 9.84 Å². The Morgan fingerprint density at radius 3 is 2.79 bits per heavy atom. The van der Waals surface area contributed by atoms with Gasteiger partial charge in [0.15, 0.2) is 5.82 Å². The van der Waals surface area contributed by atoms with Gasteiger partial charge in [0.1, 0.15) is 0 Å². The van der Waals surface area contributed by atoms with Crippen molar-refractivity contribution < 1.29 is 9.45 Å². The average molecular weight is 262 g/mol. The highest BCUT2D eigenvalue weighted by molar-refractivity contribution is 5.53. The predicted octanol–water partition coefficient (Wildman–Crippen LogP) is 2.25. The normalized spacial score (nSPS) is 10.4. The highest BCUT2D eigenvalue weighted by Gasteiger charge is 2.08. The number of nitro groups is 1. The molecule has 0 unspecified atom stereocenters. The van der Waals surface area contributed by atoms with Crippen molar-refractivity contribution in [1.29, 1.82) is 0 Å². The molecule has 0 spiro atoms. The third-order valence-corrected chi connectivity index (χ3v) is 2.52. The second-order valence-corrected chi connectivity index (χ2v) is 4.22. The Hall–Kier alpha value is -2.44. The molecule has 19 heavy (non-hydrogen) atoms. The first-order valence-corrected chi connectivity index (χ1v) is 5.84. The lowest BCUT2D eigenvalue weighted by molar-refractivity contribution is -0.384. The molecular weight excluding hydrogens is 248 g/mol. The zero-order valence-electron chi connectivity index (χ0n) is 10.7. The van der Waals surface area contributed by atoms with Crippen LogP contribution in [0.25, 0.3) is 0 Å². The molecule has 0 aliphatic carbocycles. The molecule has 2 rings (SSSR count). The van der Waals surface area contributed by atoms with E-state index >= 15 is 0 Å². The molecule has 1 aromatic carbocycles. The van der Waals surface area contributed by atoms with E-state index in [2.05, 4.69) is 15.5 Å². The minimum atomic E-state index is -0.402. The molecule has 0 saturated heterocycles. The van der Waals surface area contributed by atoms with Gasteiger partial charge in [-0.1, -0.05) is 5.16 Å². The van der Waals surface area contributed by atoms with Crippen molar-refractivity contribution in [2.75, 3.05) is 11.9 Å². The summed E-state index contributed by atoms with van der Waals surface area (Å²) in [4.78, 5) is 14.4. The van der Waals surface area contributed by atoms with E-state index in [9.17, 15) is 10.1 Å². The van der Waals surface area contributed by atoms with Gasteiger partial charge in [0.05, 0.1) is 4.92 Å². The molecule has 1 aromatic heterocycles. The van der Waals surface area contributed by atoms with Crippen LogP contribution in [0.1, 0.15) is 17.3 Å². The van der Waals surface area contributed by atoms with Gasteiger partial charge in [-0.15, -0.1) is 0 Å². The lowest BCUT2D eigenvalue weighted by atomic mass is 10.2. The second-order valence-electron chi connectivity index (χ2n) is 4.22. The Morgan fingerprint density at radius 1 is 1.37 bits per heavy atom. The molecular formula is C12H14N4O3. The number of nitrogens with zero attached hydrogens (tertiary/aromatic N) is 3. The highest BCUT2D eigenvalue weighted by Crippen LogP contribution is 2.20. The van der Waals surface area contributed by atoms with Gasteiger partial charge in [-0.05, 0) is 18.6 Å². The van der Waals surface area contributed by atoms with E-state index in [4.69, 9.17) is 4.52 Å². The first-order chi connectivity index (χ1) is 9.04. The smallest absolute Gasteiger partial charge is 0.271 e. The van der Waals surface area contributed by atoms with E-state index in [0.29, 0.717) is 30.4 Å². The maximum Gasteiger partial charge on any atom is 0.271 e. The van der Waals surface area contributed by atoms with E-state index in [1.807, 2.05) is 13.0 Å². The number of aromatic nitrogens is 2. The van der Waals surface area contributed by atoms with Crippen LogP contribution >= 0.6 is 0 Å². The van der Waals surface area contributed by atoms with Crippen LogP contribution in [0, 0.1) is 24.0 Å². The molecule has 1 N–H and O–H groups in total. The molecule has 0 bridgehead atoms. The summed E-state index contributed by atoms with van der Waals surface area (Å²) in [7, 11) is 0. The third-order valence-electron chi connectivity index (χ3n) is 2.52. The second kappa shape index (κ2) is 5.47. The number of anilines is 1. The maximum absolute atomic E-state index is 10.7. The molecule has 7 heteroatoms. The van der Waals surface area contributed by atoms with Crippen molar-refractivity contribution in [2.24, 2.45) is 0 Å². The van der Waals surface area contributed by atoms with Crippen LogP contribution in [0.3, 0.4) is 0 Å². The summed E-state index contributed by atoms with van der Waals surface area (Å²) in [5.74, 6) is 1.15. The van der Waals surface area contributed by atoms with Crippen LogP contribution in [-0.4, -0.2) is 21.6 Å². The molecule has 0 aliphatic heterocycles. The zero-order valence-corrected chi connectivity index (χ0v) is 10.7. The molecule has 0 radical (unpaired) electrons. The number of nitrogens with one attached hydrogen (secondary N) is 1. The molecule has 0 atom stereocenters. The minimum absolute atomic E-state index is 0.0814. The van der Waals surface area contributed by atoms with Gasteiger partial charge >= 0.3 is 0 Å². The Morgan fingerprint density at radius 2 is 2.16 bits per heavy atom. The Balaban J connectivity index is 1.97. The molecule has 7 nitrogen and oxygen atoms in total. The lowest BCUT2D eigenvalue weighted by Crippen LogP contribution is -2.06. The van der Waals surface area contributed by atoms with Crippen molar-refractivity contribution in [3.8, 4) is 0 Å². The van der Waals surface area contributed by atoms with Gasteiger partial charge in [0, 0.05) is 37.7 Å². The Bertz CT molecular complexity index is 594. The number of rotatable bonds is 5. The first kappa shape index (κ1) is 13.0. The van der Waals surface area contributed by atoms with Crippen molar-refractivity contribution in [3.63, 3.8) is 0 Å². The predicted molar refractivity (Wildman–Crippen MR) is 69.1 cm³/mol.